The number of ether oxygens (including phenoxy) is 1. The Morgan fingerprint density at radius 3 is 2.58 bits per heavy atom. The van der Waals surface area contributed by atoms with Crippen molar-refractivity contribution >= 4 is 16.7 Å². The van der Waals surface area contributed by atoms with E-state index in [2.05, 4.69) is 16.4 Å². The summed E-state index contributed by atoms with van der Waals surface area (Å²) in [5, 5.41) is 23.5. The predicted octanol–water partition coefficient (Wildman–Crippen LogP) is 4.08. The fraction of sp³-hybridized carbons (Fsp3) is 0.167. The zero-order valence-electron chi connectivity index (χ0n) is 17.2. The monoisotopic (exact) mass is 414 g/mol. The topological polar surface area (TPSA) is 103 Å². The Kier molecular flexibility index (Phi) is 5.48. The number of nitrogens with one attached hydrogen (secondary N) is 2. The highest BCUT2D eigenvalue weighted by Gasteiger charge is 2.14. The smallest absolute Gasteiger partial charge is 0.256 e. The van der Waals surface area contributed by atoms with Gasteiger partial charge in [-0.2, -0.15) is 5.26 Å². The number of aliphatic hydroxyl groups excluding tert-OH is 1. The van der Waals surface area contributed by atoms with Crippen LogP contribution in [0.5, 0.6) is 5.75 Å². The number of fused-ring (bicyclic) bond motifs is 1. The number of aliphatic hydroxyl groups is 1. The molecule has 0 fully saturated rings. The molecular formula is C24H22N4O3. The summed E-state index contributed by atoms with van der Waals surface area (Å²) in [7, 11) is 0. The molecule has 0 spiro atoms. The lowest BCUT2D eigenvalue weighted by Crippen LogP contribution is -2.17. The van der Waals surface area contributed by atoms with Crippen LogP contribution in [0.2, 0.25) is 0 Å². The molecule has 0 aliphatic heterocycles. The molecule has 7 heteroatoms. The Labute approximate surface area is 179 Å². The van der Waals surface area contributed by atoms with E-state index >= 15 is 0 Å². The fourth-order valence-corrected chi connectivity index (χ4v) is 3.40. The van der Waals surface area contributed by atoms with Gasteiger partial charge >= 0.3 is 0 Å². The molecule has 1 unspecified atom stereocenters. The van der Waals surface area contributed by atoms with Crippen LogP contribution in [-0.4, -0.2) is 20.8 Å². The average molecular weight is 414 g/mol. The van der Waals surface area contributed by atoms with Gasteiger partial charge in [-0.05, 0) is 68.4 Å². The summed E-state index contributed by atoms with van der Waals surface area (Å²) in [6, 6.07) is 21.2. The number of hydrogen-bond acceptors (Lipinski definition) is 5. The van der Waals surface area contributed by atoms with E-state index in [1.807, 2.05) is 38.1 Å². The minimum Gasteiger partial charge on any atom is -0.491 e. The van der Waals surface area contributed by atoms with E-state index in [-0.39, 0.29) is 11.7 Å². The number of nitriles is 1. The first kappa shape index (κ1) is 20.3. The van der Waals surface area contributed by atoms with Crippen LogP contribution in [0.3, 0.4) is 0 Å². The number of rotatable bonds is 6. The third-order valence-corrected chi connectivity index (χ3v) is 4.75. The van der Waals surface area contributed by atoms with E-state index in [1.54, 1.807) is 41.0 Å². The summed E-state index contributed by atoms with van der Waals surface area (Å²) in [5.74, 6) is 0.727. The van der Waals surface area contributed by atoms with Crippen molar-refractivity contribution < 1.29 is 9.84 Å². The molecule has 0 saturated carbocycles. The number of aromatic nitrogens is 2. The van der Waals surface area contributed by atoms with Gasteiger partial charge in [0.2, 0.25) is 0 Å². The SMILES string of the molecule is CC(C)Oc1ccc(-n2c(=O)ccc3cc(C(O)Nc4cccc(C#N)c4)[nH]c32)cc1. The summed E-state index contributed by atoms with van der Waals surface area (Å²) in [5.41, 5.74) is 2.67. The minimum absolute atomic E-state index is 0.0609. The van der Waals surface area contributed by atoms with Crippen LogP contribution in [0.4, 0.5) is 5.69 Å². The van der Waals surface area contributed by atoms with Crippen molar-refractivity contribution in [2.75, 3.05) is 5.32 Å². The Balaban J connectivity index is 1.68. The van der Waals surface area contributed by atoms with Crippen molar-refractivity contribution in [1.29, 1.82) is 5.26 Å². The third kappa shape index (κ3) is 4.29. The first-order valence-corrected chi connectivity index (χ1v) is 9.91. The standard InChI is InChI=1S/C24H22N4O3/c1-15(2)31-20-9-7-19(8-10-20)28-22(29)11-6-17-13-21(27-23(17)28)24(30)26-18-5-3-4-16(12-18)14-25/h3-13,15,24,26-27,30H,1-2H3. The lowest BCUT2D eigenvalue weighted by Gasteiger charge is -2.13. The number of aromatic amines is 1. The quantitative estimate of drug-likeness (QED) is 0.413. The third-order valence-electron chi connectivity index (χ3n) is 4.75. The average Bonchev–Trinajstić information content (AvgIpc) is 3.19. The van der Waals surface area contributed by atoms with E-state index in [4.69, 9.17) is 10.00 Å². The van der Waals surface area contributed by atoms with Crippen LogP contribution >= 0.6 is 0 Å². The molecule has 0 amide bonds. The van der Waals surface area contributed by atoms with Gasteiger partial charge in [0, 0.05) is 17.1 Å². The Hall–Kier alpha value is -4.02. The summed E-state index contributed by atoms with van der Waals surface area (Å²) in [6.07, 6.45) is -0.988. The van der Waals surface area contributed by atoms with Gasteiger partial charge in [0.1, 0.15) is 11.4 Å². The zero-order chi connectivity index (χ0) is 22.0. The van der Waals surface area contributed by atoms with Crippen molar-refractivity contribution in [3.8, 4) is 17.5 Å². The maximum absolute atomic E-state index is 12.6. The number of anilines is 1. The normalized spacial score (nSPS) is 12.0. The largest absolute Gasteiger partial charge is 0.491 e. The molecule has 1 atom stereocenters. The second-order valence-electron chi connectivity index (χ2n) is 7.44. The lowest BCUT2D eigenvalue weighted by molar-refractivity contribution is 0.204. The highest BCUT2D eigenvalue weighted by Crippen LogP contribution is 2.24. The van der Waals surface area contributed by atoms with Gasteiger partial charge in [-0.15, -0.1) is 0 Å². The first-order valence-electron chi connectivity index (χ1n) is 9.91. The van der Waals surface area contributed by atoms with Crippen LogP contribution in [0.1, 0.15) is 31.3 Å². The number of pyridine rings is 1. The molecule has 0 bridgehead atoms. The van der Waals surface area contributed by atoms with Gasteiger partial charge in [-0.1, -0.05) is 6.07 Å². The highest BCUT2D eigenvalue weighted by atomic mass is 16.5. The van der Waals surface area contributed by atoms with Gasteiger partial charge in [-0.3, -0.25) is 9.36 Å². The molecule has 31 heavy (non-hydrogen) atoms. The second-order valence-corrected chi connectivity index (χ2v) is 7.44. The Morgan fingerprint density at radius 1 is 1.10 bits per heavy atom. The summed E-state index contributed by atoms with van der Waals surface area (Å²) in [4.78, 5) is 15.8. The van der Waals surface area contributed by atoms with E-state index in [0.29, 0.717) is 28.3 Å². The Bertz CT molecular complexity index is 1310. The molecule has 2 aromatic heterocycles. The van der Waals surface area contributed by atoms with E-state index in [1.165, 1.54) is 6.07 Å². The van der Waals surface area contributed by atoms with Crippen LogP contribution in [-0.2, 0) is 0 Å². The van der Waals surface area contributed by atoms with Gasteiger partial charge < -0.3 is 20.1 Å². The maximum atomic E-state index is 12.6. The lowest BCUT2D eigenvalue weighted by atomic mass is 10.2. The molecule has 4 rings (SSSR count). The second kappa shape index (κ2) is 8.38. The van der Waals surface area contributed by atoms with Gasteiger partial charge in [0.25, 0.3) is 5.56 Å². The zero-order valence-corrected chi connectivity index (χ0v) is 17.2. The van der Waals surface area contributed by atoms with E-state index < -0.39 is 6.23 Å². The minimum atomic E-state index is -1.05. The summed E-state index contributed by atoms with van der Waals surface area (Å²) in [6.45, 7) is 3.91. The maximum Gasteiger partial charge on any atom is 0.256 e. The predicted molar refractivity (Wildman–Crippen MR) is 119 cm³/mol. The molecule has 156 valence electrons. The number of H-pyrrole nitrogens is 1. The van der Waals surface area contributed by atoms with Crippen LogP contribution in [0, 0.1) is 11.3 Å². The molecule has 0 saturated heterocycles. The molecule has 3 N–H and O–H groups in total. The van der Waals surface area contributed by atoms with Crippen LogP contribution < -0.4 is 15.6 Å². The molecule has 0 radical (unpaired) electrons. The van der Waals surface area contributed by atoms with Crippen molar-refractivity contribution in [3.05, 3.63) is 88.3 Å². The summed E-state index contributed by atoms with van der Waals surface area (Å²) >= 11 is 0. The highest BCUT2D eigenvalue weighted by molar-refractivity contribution is 5.79. The molecule has 4 aromatic rings. The van der Waals surface area contributed by atoms with Crippen molar-refractivity contribution in [2.45, 2.75) is 26.2 Å². The first-order chi connectivity index (χ1) is 14.9. The molecular weight excluding hydrogens is 392 g/mol. The number of benzene rings is 2. The fourth-order valence-electron chi connectivity index (χ4n) is 3.40. The summed E-state index contributed by atoms with van der Waals surface area (Å²) < 4.78 is 7.23. The molecule has 7 nitrogen and oxygen atoms in total. The van der Waals surface area contributed by atoms with Crippen molar-refractivity contribution in [2.24, 2.45) is 0 Å². The van der Waals surface area contributed by atoms with Gasteiger partial charge in [0.05, 0.1) is 29.1 Å². The van der Waals surface area contributed by atoms with E-state index in [0.717, 1.165) is 11.1 Å². The van der Waals surface area contributed by atoms with Crippen LogP contribution in [0.15, 0.2) is 71.5 Å². The van der Waals surface area contributed by atoms with Crippen molar-refractivity contribution in [3.63, 3.8) is 0 Å². The van der Waals surface area contributed by atoms with E-state index in [9.17, 15) is 9.90 Å². The number of hydrogen-bond donors (Lipinski definition) is 3. The molecule has 0 aliphatic carbocycles. The van der Waals surface area contributed by atoms with Crippen molar-refractivity contribution in [1.82, 2.24) is 9.55 Å². The molecule has 2 aromatic carbocycles. The molecule has 2 heterocycles. The Morgan fingerprint density at radius 2 is 1.87 bits per heavy atom. The van der Waals surface area contributed by atoms with Gasteiger partial charge in [0.15, 0.2) is 6.23 Å². The van der Waals surface area contributed by atoms with Gasteiger partial charge in [-0.25, -0.2) is 0 Å². The van der Waals surface area contributed by atoms with Crippen LogP contribution in [0.25, 0.3) is 16.7 Å². The number of nitrogens with zero attached hydrogens (tertiary/aromatic N) is 2. The molecule has 0 aliphatic rings.